The van der Waals surface area contributed by atoms with Crippen molar-refractivity contribution in [2.24, 2.45) is 0 Å². The zero-order chi connectivity index (χ0) is 18.4. The summed E-state index contributed by atoms with van der Waals surface area (Å²) in [7, 11) is 0. The number of fused-ring (bicyclic) bond motifs is 1. The molecule has 0 aliphatic rings. The van der Waals surface area contributed by atoms with Gasteiger partial charge in [-0.15, -0.1) is 22.7 Å². The van der Waals surface area contributed by atoms with Gasteiger partial charge in [-0.05, 0) is 35.7 Å². The third-order valence-corrected chi connectivity index (χ3v) is 6.84. The van der Waals surface area contributed by atoms with E-state index in [-0.39, 0.29) is 0 Å². The molecule has 4 heterocycles. The molecule has 0 aliphatic carbocycles. The van der Waals surface area contributed by atoms with Crippen LogP contribution >= 0.6 is 45.9 Å². The molecule has 5 aromatic rings. The van der Waals surface area contributed by atoms with Gasteiger partial charge < -0.3 is 4.98 Å². The average Bonchev–Trinajstić information content (AvgIpc) is 3.40. The lowest BCUT2D eigenvalue weighted by atomic mass is 10.0. The molecule has 4 aromatic heterocycles. The Labute approximate surface area is 173 Å². The van der Waals surface area contributed by atoms with Gasteiger partial charge in [0.1, 0.15) is 10.7 Å². The summed E-state index contributed by atoms with van der Waals surface area (Å²) in [6.07, 6.45) is 5.44. The highest BCUT2D eigenvalue weighted by Gasteiger charge is 2.19. The first-order valence-corrected chi connectivity index (χ1v) is 10.6. The Bertz CT molecular complexity index is 1260. The van der Waals surface area contributed by atoms with E-state index in [9.17, 15) is 0 Å². The van der Waals surface area contributed by atoms with Crippen LogP contribution in [0.5, 0.6) is 0 Å². The second-order valence-electron chi connectivity index (χ2n) is 5.91. The van der Waals surface area contributed by atoms with Crippen LogP contribution in [0, 0.1) is 0 Å². The Morgan fingerprint density at radius 1 is 0.889 bits per heavy atom. The SMILES string of the molecule is Clc1ccc(-c2cc(-c3ccnc4sccc34)sc2-c2ncc[nH]2)c(Cl)c1. The first-order valence-electron chi connectivity index (χ1n) is 8.12. The van der Waals surface area contributed by atoms with Gasteiger partial charge in [0.2, 0.25) is 0 Å². The van der Waals surface area contributed by atoms with Crippen LogP contribution in [0.4, 0.5) is 0 Å². The number of aromatic nitrogens is 3. The lowest BCUT2D eigenvalue weighted by molar-refractivity contribution is 1.33. The minimum Gasteiger partial charge on any atom is -0.344 e. The predicted octanol–water partition coefficient (Wildman–Crippen LogP) is 7.39. The first-order chi connectivity index (χ1) is 13.2. The first kappa shape index (κ1) is 17.0. The summed E-state index contributed by atoms with van der Waals surface area (Å²) in [5, 5.41) is 4.46. The zero-order valence-corrected chi connectivity index (χ0v) is 16.9. The molecule has 0 spiro atoms. The van der Waals surface area contributed by atoms with Crippen LogP contribution in [0.1, 0.15) is 0 Å². The van der Waals surface area contributed by atoms with E-state index < -0.39 is 0 Å². The maximum absolute atomic E-state index is 6.51. The Morgan fingerprint density at radius 2 is 1.81 bits per heavy atom. The molecular formula is C20H11Cl2N3S2. The van der Waals surface area contributed by atoms with Crippen molar-refractivity contribution in [3.63, 3.8) is 0 Å². The van der Waals surface area contributed by atoms with Gasteiger partial charge in [-0.25, -0.2) is 9.97 Å². The van der Waals surface area contributed by atoms with Crippen LogP contribution in [0.25, 0.3) is 42.5 Å². The lowest BCUT2D eigenvalue weighted by Crippen LogP contribution is -1.82. The molecule has 0 saturated heterocycles. The molecule has 0 fully saturated rings. The van der Waals surface area contributed by atoms with Crippen LogP contribution in [-0.2, 0) is 0 Å². The van der Waals surface area contributed by atoms with Crippen LogP contribution in [0.15, 0.2) is 60.4 Å². The quantitative estimate of drug-likeness (QED) is 0.326. The average molecular weight is 428 g/mol. The highest BCUT2D eigenvalue weighted by Crippen LogP contribution is 2.46. The number of halogens is 2. The standard InChI is InChI=1S/C20H11Cl2N3S2/c21-11-1-2-12(16(22)9-11)15-10-17(27-18(15)19-23-6-7-24-19)13-3-5-25-20-14(13)4-8-26-20/h1-10H,(H,23,24). The lowest BCUT2D eigenvalue weighted by Gasteiger charge is -2.05. The van der Waals surface area contributed by atoms with Gasteiger partial charge in [0.25, 0.3) is 0 Å². The number of rotatable bonds is 3. The summed E-state index contributed by atoms with van der Waals surface area (Å²) in [6.45, 7) is 0. The number of imidazole rings is 1. The number of H-pyrrole nitrogens is 1. The summed E-state index contributed by atoms with van der Waals surface area (Å²) in [5.41, 5.74) is 3.13. The summed E-state index contributed by atoms with van der Waals surface area (Å²) in [5.74, 6) is 0.822. The maximum atomic E-state index is 6.51. The number of pyridine rings is 1. The number of hydrogen-bond donors (Lipinski definition) is 1. The van der Waals surface area contributed by atoms with Crippen LogP contribution in [0.2, 0.25) is 10.0 Å². The molecule has 1 aromatic carbocycles. The van der Waals surface area contributed by atoms with Gasteiger partial charge in [-0.1, -0.05) is 29.3 Å². The molecule has 0 bridgehead atoms. The van der Waals surface area contributed by atoms with E-state index in [2.05, 4.69) is 38.5 Å². The van der Waals surface area contributed by atoms with Crippen LogP contribution in [0.3, 0.4) is 0 Å². The Hall–Kier alpha value is -2.18. The largest absolute Gasteiger partial charge is 0.344 e. The van der Waals surface area contributed by atoms with E-state index in [1.54, 1.807) is 34.9 Å². The summed E-state index contributed by atoms with van der Waals surface area (Å²) < 4.78 is 0. The van der Waals surface area contributed by atoms with Gasteiger partial charge in [0.05, 0.1) is 4.88 Å². The van der Waals surface area contributed by atoms with Crippen LogP contribution < -0.4 is 0 Å². The van der Waals surface area contributed by atoms with E-state index in [4.69, 9.17) is 23.2 Å². The molecule has 0 atom stereocenters. The molecule has 3 nitrogen and oxygen atoms in total. The van der Waals surface area contributed by atoms with E-state index in [1.807, 2.05) is 24.5 Å². The monoisotopic (exact) mass is 427 g/mol. The van der Waals surface area contributed by atoms with Crippen molar-refractivity contribution in [2.75, 3.05) is 0 Å². The molecule has 1 N–H and O–H groups in total. The number of thiophene rings is 2. The number of nitrogens with zero attached hydrogens (tertiary/aromatic N) is 2. The summed E-state index contributed by atoms with van der Waals surface area (Å²) >= 11 is 15.9. The predicted molar refractivity (Wildman–Crippen MR) is 116 cm³/mol. The van der Waals surface area contributed by atoms with Gasteiger partial charge in [0.15, 0.2) is 0 Å². The van der Waals surface area contributed by atoms with Crippen molar-refractivity contribution < 1.29 is 0 Å². The summed E-state index contributed by atoms with van der Waals surface area (Å²) in [4.78, 5) is 15.3. The molecule has 0 unspecified atom stereocenters. The second-order valence-corrected chi connectivity index (χ2v) is 8.70. The molecular weight excluding hydrogens is 417 g/mol. The molecule has 27 heavy (non-hydrogen) atoms. The topological polar surface area (TPSA) is 41.6 Å². The van der Waals surface area contributed by atoms with E-state index in [0.717, 1.165) is 42.5 Å². The summed E-state index contributed by atoms with van der Waals surface area (Å²) in [6, 6.07) is 11.9. The molecule has 7 heteroatoms. The molecule has 0 amide bonds. The van der Waals surface area contributed by atoms with Crippen molar-refractivity contribution in [2.45, 2.75) is 0 Å². The third-order valence-electron chi connectivity index (χ3n) is 4.30. The Kier molecular flexibility index (Phi) is 4.25. The van der Waals surface area contributed by atoms with E-state index >= 15 is 0 Å². The fourth-order valence-corrected chi connectivity index (χ4v) is 5.53. The molecule has 0 saturated carbocycles. The van der Waals surface area contributed by atoms with Gasteiger partial charge in [-0.3, -0.25) is 0 Å². The van der Waals surface area contributed by atoms with Crippen molar-refractivity contribution in [1.82, 2.24) is 15.0 Å². The highest BCUT2D eigenvalue weighted by atomic mass is 35.5. The Balaban J connectivity index is 1.77. The van der Waals surface area contributed by atoms with Crippen molar-refractivity contribution >= 4 is 56.1 Å². The van der Waals surface area contributed by atoms with Gasteiger partial charge >= 0.3 is 0 Å². The fourth-order valence-electron chi connectivity index (χ4n) is 3.09. The zero-order valence-electron chi connectivity index (χ0n) is 13.7. The normalized spacial score (nSPS) is 11.3. The molecule has 0 aliphatic heterocycles. The number of hydrogen-bond acceptors (Lipinski definition) is 4. The number of nitrogens with one attached hydrogen (secondary N) is 1. The Morgan fingerprint density at radius 3 is 2.63 bits per heavy atom. The fraction of sp³-hybridized carbons (Fsp3) is 0. The second kappa shape index (κ2) is 6.77. The number of aromatic amines is 1. The molecule has 0 radical (unpaired) electrons. The third kappa shape index (κ3) is 2.97. The van der Waals surface area contributed by atoms with E-state index in [1.165, 1.54) is 0 Å². The van der Waals surface area contributed by atoms with E-state index in [0.29, 0.717) is 10.0 Å². The minimum absolute atomic E-state index is 0.618. The molecule has 5 rings (SSSR count). The minimum atomic E-state index is 0.618. The molecule has 132 valence electrons. The number of benzene rings is 1. The van der Waals surface area contributed by atoms with Gasteiger partial charge in [-0.2, -0.15) is 0 Å². The smallest absolute Gasteiger partial charge is 0.148 e. The van der Waals surface area contributed by atoms with Crippen molar-refractivity contribution in [3.8, 4) is 32.3 Å². The van der Waals surface area contributed by atoms with Crippen LogP contribution in [-0.4, -0.2) is 15.0 Å². The maximum Gasteiger partial charge on any atom is 0.148 e. The van der Waals surface area contributed by atoms with Crippen molar-refractivity contribution in [1.29, 1.82) is 0 Å². The van der Waals surface area contributed by atoms with Gasteiger partial charge in [0, 0.05) is 55.6 Å². The highest BCUT2D eigenvalue weighted by molar-refractivity contribution is 7.20. The van der Waals surface area contributed by atoms with Crippen molar-refractivity contribution in [3.05, 3.63) is 70.4 Å².